The number of hydrogen-bond acceptors (Lipinski definition) is 8. The van der Waals surface area contributed by atoms with E-state index in [-0.39, 0.29) is 24.2 Å². The van der Waals surface area contributed by atoms with Gasteiger partial charge in [-0.25, -0.2) is 0 Å². The van der Waals surface area contributed by atoms with E-state index in [0.29, 0.717) is 22.4 Å². The topological polar surface area (TPSA) is 95.7 Å². The van der Waals surface area contributed by atoms with Crippen LogP contribution in [0.15, 0.2) is 40.9 Å². The zero-order valence-corrected chi connectivity index (χ0v) is 20.8. The number of carbonyl (C=O) groups excluding carboxylic acids is 2. The number of likely N-dealkylation sites (N-methyl/N-ethyl adjacent to an activating group) is 2. The number of fused-ring (bicyclic) bond motifs is 1. The van der Waals surface area contributed by atoms with Gasteiger partial charge in [0.1, 0.15) is 0 Å². The smallest absolute Gasteiger partial charge is 0.314 e. The van der Waals surface area contributed by atoms with Gasteiger partial charge in [-0.1, -0.05) is 0 Å². The van der Waals surface area contributed by atoms with Gasteiger partial charge in [-0.05, 0) is 63.8 Å². The molecule has 3 heterocycles. The molecule has 2 aromatic heterocycles. The molecule has 3 aromatic rings. The zero-order chi connectivity index (χ0) is 26.2. The van der Waals surface area contributed by atoms with Gasteiger partial charge < -0.3 is 14.2 Å². The molecule has 1 aliphatic rings. The Morgan fingerprint density at radius 2 is 1.81 bits per heavy atom. The molecule has 9 nitrogen and oxygen atoms in total. The van der Waals surface area contributed by atoms with E-state index in [1.165, 1.54) is 11.1 Å². The van der Waals surface area contributed by atoms with Crippen LogP contribution in [0.3, 0.4) is 0 Å². The van der Waals surface area contributed by atoms with Crippen LogP contribution >= 0.6 is 0 Å². The summed E-state index contributed by atoms with van der Waals surface area (Å²) in [6, 6.07) is 8.74. The van der Waals surface area contributed by atoms with Crippen molar-refractivity contribution in [2.24, 2.45) is 0 Å². The quantitative estimate of drug-likeness (QED) is 0.436. The van der Waals surface area contributed by atoms with E-state index in [0.717, 1.165) is 18.8 Å². The monoisotopic (exact) mass is 498 g/mol. The SMILES string of the molecule is CN(C)CCN(C)c1ccc2c(c1)C(C)(C)C(=O)N(Cc1ccc(-c3nnc(C(F)F)o3)cn1)C2=O. The molecule has 0 saturated carbocycles. The summed E-state index contributed by atoms with van der Waals surface area (Å²) in [6.45, 7) is 5.26. The summed E-state index contributed by atoms with van der Waals surface area (Å²) in [5.41, 5.74) is 1.99. The van der Waals surface area contributed by atoms with Crippen molar-refractivity contribution in [2.45, 2.75) is 32.2 Å². The number of halogens is 2. The standard InChI is InChI=1S/C25H28F2N6O3/c1-25(2)19-12-17(32(5)11-10-31(3)4)8-9-18(19)23(34)33(24(25)35)14-16-7-6-15(13-28-16)21-29-30-22(36-21)20(26)27/h6-9,12-13,20H,10-11,14H2,1-5H3. The number of imide groups is 1. The van der Waals surface area contributed by atoms with Crippen LogP contribution in [0, 0.1) is 0 Å². The van der Waals surface area contributed by atoms with Gasteiger partial charge in [0.15, 0.2) is 0 Å². The van der Waals surface area contributed by atoms with Gasteiger partial charge in [0, 0.05) is 37.6 Å². The Kier molecular flexibility index (Phi) is 6.85. The van der Waals surface area contributed by atoms with Crippen molar-refractivity contribution < 1.29 is 22.8 Å². The predicted octanol–water partition coefficient (Wildman–Crippen LogP) is 3.53. The fourth-order valence-electron chi connectivity index (χ4n) is 4.03. The Morgan fingerprint density at radius 1 is 1.06 bits per heavy atom. The summed E-state index contributed by atoms with van der Waals surface area (Å²) in [5, 5.41) is 6.90. The van der Waals surface area contributed by atoms with Crippen LogP contribution in [0.5, 0.6) is 0 Å². The van der Waals surface area contributed by atoms with E-state index in [2.05, 4.69) is 25.0 Å². The summed E-state index contributed by atoms with van der Waals surface area (Å²) < 4.78 is 30.3. The molecule has 0 fully saturated rings. The van der Waals surface area contributed by atoms with Crippen LogP contribution in [-0.4, -0.2) is 71.0 Å². The average Bonchev–Trinajstić information content (AvgIpc) is 3.35. The van der Waals surface area contributed by atoms with E-state index in [4.69, 9.17) is 4.42 Å². The van der Waals surface area contributed by atoms with Gasteiger partial charge in [0.25, 0.3) is 11.8 Å². The lowest BCUT2D eigenvalue weighted by Gasteiger charge is -2.38. The molecule has 0 bridgehead atoms. The van der Waals surface area contributed by atoms with Crippen molar-refractivity contribution >= 4 is 17.5 Å². The first-order valence-electron chi connectivity index (χ1n) is 11.4. The second-order valence-corrected chi connectivity index (χ2v) is 9.56. The molecule has 2 amide bonds. The lowest BCUT2D eigenvalue weighted by Crippen LogP contribution is -2.51. The second-order valence-electron chi connectivity index (χ2n) is 9.56. The molecule has 0 saturated heterocycles. The third kappa shape index (κ3) is 4.83. The minimum atomic E-state index is -2.87. The van der Waals surface area contributed by atoms with Gasteiger partial charge in [-0.15, -0.1) is 10.2 Å². The van der Waals surface area contributed by atoms with Crippen molar-refractivity contribution in [1.82, 2.24) is 25.0 Å². The summed E-state index contributed by atoms with van der Waals surface area (Å²) in [4.78, 5) is 36.4. The number of amides is 2. The molecule has 0 radical (unpaired) electrons. The normalized spacial score (nSPS) is 15.1. The Balaban J connectivity index is 1.56. The van der Waals surface area contributed by atoms with Crippen LogP contribution in [0.2, 0.25) is 0 Å². The first kappa shape index (κ1) is 25.4. The maximum atomic E-state index is 13.4. The van der Waals surface area contributed by atoms with E-state index < -0.39 is 17.7 Å². The summed E-state index contributed by atoms with van der Waals surface area (Å²) in [5.74, 6) is -1.57. The molecule has 0 aliphatic carbocycles. The molecule has 190 valence electrons. The number of carbonyl (C=O) groups is 2. The summed E-state index contributed by atoms with van der Waals surface area (Å²) in [6.07, 6.45) is -1.48. The van der Waals surface area contributed by atoms with E-state index in [1.807, 2.05) is 47.1 Å². The Morgan fingerprint density at radius 3 is 2.42 bits per heavy atom. The van der Waals surface area contributed by atoms with Crippen LogP contribution in [-0.2, 0) is 16.8 Å². The van der Waals surface area contributed by atoms with Crippen molar-refractivity contribution in [1.29, 1.82) is 0 Å². The third-order valence-electron chi connectivity index (χ3n) is 6.27. The fraction of sp³-hybridized carbons (Fsp3) is 0.400. The molecule has 0 N–H and O–H groups in total. The van der Waals surface area contributed by atoms with Crippen LogP contribution < -0.4 is 4.90 Å². The minimum absolute atomic E-state index is 0.0303. The van der Waals surface area contributed by atoms with Gasteiger partial charge >= 0.3 is 6.43 Å². The molecule has 1 aliphatic heterocycles. The number of rotatable bonds is 8. The maximum absolute atomic E-state index is 13.4. The van der Waals surface area contributed by atoms with E-state index in [1.54, 1.807) is 18.2 Å². The van der Waals surface area contributed by atoms with Crippen LogP contribution in [0.1, 0.15) is 47.8 Å². The highest BCUT2D eigenvalue weighted by atomic mass is 19.3. The molecule has 36 heavy (non-hydrogen) atoms. The Bertz CT molecular complexity index is 1270. The first-order valence-corrected chi connectivity index (χ1v) is 11.4. The predicted molar refractivity (Wildman–Crippen MR) is 129 cm³/mol. The Hall–Kier alpha value is -3.73. The first-order chi connectivity index (χ1) is 17.0. The zero-order valence-electron chi connectivity index (χ0n) is 20.8. The summed E-state index contributed by atoms with van der Waals surface area (Å²) >= 11 is 0. The van der Waals surface area contributed by atoms with Gasteiger partial charge in [-0.3, -0.25) is 19.5 Å². The highest BCUT2D eigenvalue weighted by Gasteiger charge is 2.44. The summed E-state index contributed by atoms with van der Waals surface area (Å²) in [7, 11) is 5.99. The van der Waals surface area contributed by atoms with Gasteiger partial charge in [0.2, 0.25) is 11.8 Å². The average molecular weight is 499 g/mol. The molecule has 0 atom stereocenters. The fourth-order valence-corrected chi connectivity index (χ4v) is 4.03. The lowest BCUT2D eigenvalue weighted by molar-refractivity contribution is -0.134. The molecular weight excluding hydrogens is 470 g/mol. The van der Waals surface area contributed by atoms with Crippen molar-refractivity contribution in [3.05, 3.63) is 59.2 Å². The second kappa shape index (κ2) is 9.73. The maximum Gasteiger partial charge on any atom is 0.314 e. The van der Waals surface area contributed by atoms with E-state index in [9.17, 15) is 18.4 Å². The lowest BCUT2D eigenvalue weighted by atomic mass is 9.77. The number of nitrogens with zero attached hydrogens (tertiary/aromatic N) is 6. The van der Waals surface area contributed by atoms with Gasteiger partial charge in [0.05, 0.1) is 23.2 Å². The number of aromatic nitrogens is 3. The molecule has 0 unspecified atom stereocenters. The Labute approximate surface area is 207 Å². The molecule has 11 heteroatoms. The number of benzene rings is 1. The highest BCUT2D eigenvalue weighted by molar-refractivity contribution is 6.13. The number of hydrogen-bond donors (Lipinski definition) is 0. The number of pyridine rings is 1. The number of alkyl halides is 2. The molecule has 0 spiro atoms. The van der Waals surface area contributed by atoms with E-state index >= 15 is 0 Å². The third-order valence-corrected chi connectivity index (χ3v) is 6.27. The molecule has 4 rings (SSSR count). The van der Waals surface area contributed by atoms with Crippen LogP contribution in [0.4, 0.5) is 14.5 Å². The van der Waals surface area contributed by atoms with Gasteiger partial charge in [-0.2, -0.15) is 8.78 Å². The van der Waals surface area contributed by atoms with Crippen LogP contribution in [0.25, 0.3) is 11.5 Å². The van der Waals surface area contributed by atoms with Crippen molar-refractivity contribution in [2.75, 3.05) is 39.1 Å². The van der Waals surface area contributed by atoms with Crippen molar-refractivity contribution in [3.63, 3.8) is 0 Å². The number of anilines is 1. The highest BCUT2D eigenvalue weighted by Crippen LogP contribution is 2.37. The largest absolute Gasteiger partial charge is 0.415 e. The minimum Gasteiger partial charge on any atom is -0.415 e. The molecule has 1 aromatic carbocycles. The molecular formula is C25H28F2N6O3. The van der Waals surface area contributed by atoms with Crippen molar-refractivity contribution in [3.8, 4) is 11.5 Å².